The summed E-state index contributed by atoms with van der Waals surface area (Å²) in [5.74, 6) is 0. The van der Waals surface area contributed by atoms with E-state index in [4.69, 9.17) is 4.42 Å². The van der Waals surface area contributed by atoms with Gasteiger partial charge < -0.3 is 13.9 Å². The van der Waals surface area contributed by atoms with Crippen LogP contribution in [0.15, 0.2) is 156 Å². The van der Waals surface area contributed by atoms with Crippen molar-refractivity contribution in [3.05, 3.63) is 152 Å². The summed E-state index contributed by atoms with van der Waals surface area (Å²) < 4.78 is 8.84. The predicted octanol–water partition coefficient (Wildman–Crippen LogP) is 10.7. The normalized spacial score (nSPS) is 11.7. The standard InChI is InChI=1S/C39H25N3O/c1-2-11-27(12-3-1)41(36-19-9-17-32-31-22-23-40-25-37(31)43-39(32)36)28-13-8-14-29(24-28)42-34-18-7-6-16-33(34)38-30-15-5-4-10-26(30)20-21-35(38)42/h1-25H. The summed E-state index contributed by atoms with van der Waals surface area (Å²) in [7, 11) is 0. The number of hydrogen-bond donors (Lipinski definition) is 0. The van der Waals surface area contributed by atoms with E-state index in [1.807, 2.05) is 18.3 Å². The van der Waals surface area contributed by atoms with Crippen molar-refractivity contribution in [2.75, 3.05) is 4.90 Å². The van der Waals surface area contributed by atoms with Crippen LogP contribution in [0.25, 0.3) is 60.2 Å². The second-order valence-corrected chi connectivity index (χ2v) is 10.9. The van der Waals surface area contributed by atoms with E-state index in [1.165, 1.54) is 32.6 Å². The highest BCUT2D eigenvalue weighted by molar-refractivity contribution is 6.21. The van der Waals surface area contributed by atoms with E-state index >= 15 is 0 Å². The summed E-state index contributed by atoms with van der Waals surface area (Å²) in [4.78, 5) is 6.58. The third-order valence-corrected chi connectivity index (χ3v) is 8.44. The molecule has 0 fully saturated rings. The van der Waals surface area contributed by atoms with Gasteiger partial charge in [0, 0.05) is 44.8 Å². The lowest BCUT2D eigenvalue weighted by molar-refractivity contribution is 0.667. The van der Waals surface area contributed by atoms with Crippen molar-refractivity contribution in [3.63, 3.8) is 0 Å². The fraction of sp³-hybridized carbons (Fsp3) is 0. The molecule has 0 radical (unpaired) electrons. The van der Waals surface area contributed by atoms with Gasteiger partial charge in [0.25, 0.3) is 0 Å². The lowest BCUT2D eigenvalue weighted by Gasteiger charge is -2.26. The molecular formula is C39H25N3O. The number of benzene rings is 6. The highest BCUT2D eigenvalue weighted by Crippen LogP contribution is 2.43. The van der Waals surface area contributed by atoms with Gasteiger partial charge in [0.15, 0.2) is 11.2 Å². The topological polar surface area (TPSA) is 34.2 Å². The molecule has 0 saturated heterocycles. The van der Waals surface area contributed by atoms with Gasteiger partial charge in [-0.2, -0.15) is 0 Å². The molecule has 0 atom stereocenters. The Hall–Kier alpha value is -5.87. The van der Waals surface area contributed by atoms with Crippen LogP contribution in [0.2, 0.25) is 0 Å². The fourth-order valence-electron chi connectivity index (χ4n) is 6.61. The molecule has 0 amide bonds. The highest BCUT2D eigenvalue weighted by atomic mass is 16.3. The first-order valence-corrected chi connectivity index (χ1v) is 14.5. The van der Waals surface area contributed by atoms with Gasteiger partial charge in [-0.15, -0.1) is 0 Å². The van der Waals surface area contributed by atoms with Gasteiger partial charge in [-0.1, -0.05) is 84.9 Å². The third kappa shape index (κ3) is 3.60. The molecule has 3 aromatic heterocycles. The van der Waals surface area contributed by atoms with E-state index in [0.717, 1.165) is 44.7 Å². The van der Waals surface area contributed by atoms with Crippen LogP contribution in [0, 0.1) is 0 Å². The Balaban J connectivity index is 1.31. The molecule has 9 aromatic rings. The average Bonchev–Trinajstić information content (AvgIpc) is 3.62. The average molecular weight is 552 g/mol. The van der Waals surface area contributed by atoms with Crippen LogP contribution in [0.5, 0.6) is 0 Å². The van der Waals surface area contributed by atoms with Crippen LogP contribution in [0.3, 0.4) is 0 Å². The Labute approximate surface area is 247 Å². The molecule has 202 valence electrons. The molecule has 0 aliphatic heterocycles. The number of fused-ring (bicyclic) bond motifs is 8. The van der Waals surface area contributed by atoms with Crippen molar-refractivity contribution >= 4 is 71.6 Å². The van der Waals surface area contributed by atoms with Gasteiger partial charge in [-0.25, -0.2) is 0 Å². The van der Waals surface area contributed by atoms with Gasteiger partial charge >= 0.3 is 0 Å². The van der Waals surface area contributed by atoms with Crippen molar-refractivity contribution in [2.24, 2.45) is 0 Å². The number of anilines is 3. The predicted molar refractivity (Wildman–Crippen MR) is 178 cm³/mol. The number of furan rings is 1. The van der Waals surface area contributed by atoms with E-state index in [9.17, 15) is 0 Å². The van der Waals surface area contributed by atoms with Gasteiger partial charge in [-0.3, -0.25) is 4.98 Å². The van der Waals surface area contributed by atoms with Gasteiger partial charge in [-0.05, 0) is 65.4 Å². The first-order valence-electron chi connectivity index (χ1n) is 14.5. The van der Waals surface area contributed by atoms with Crippen molar-refractivity contribution in [1.82, 2.24) is 9.55 Å². The summed E-state index contributed by atoms with van der Waals surface area (Å²) in [5, 5.41) is 7.17. The second kappa shape index (κ2) is 9.33. The first kappa shape index (κ1) is 23.8. The quantitative estimate of drug-likeness (QED) is 0.218. The van der Waals surface area contributed by atoms with Crippen LogP contribution in [-0.4, -0.2) is 9.55 Å². The van der Waals surface area contributed by atoms with Gasteiger partial charge in [0.2, 0.25) is 0 Å². The molecule has 6 aromatic carbocycles. The van der Waals surface area contributed by atoms with Crippen LogP contribution >= 0.6 is 0 Å². The maximum atomic E-state index is 6.46. The number of hydrogen-bond acceptors (Lipinski definition) is 3. The lowest BCUT2D eigenvalue weighted by atomic mass is 10.0. The van der Waals surface area contributed by atoms with Crippen molar-refractivity contribution < 1.29 is 4.42 Å². The molecule has 43 heavy (non-hydrogen) atoms. The van der Waals surface area contributed by atoms with Crippen molar-refractivity contribution in [3.8, 4) is 5.69 Å². The van der Waals surface area contributed by atoms with Crippen LogP contribution < -0.4 is 4.90 Å². The zero-order valence-corrected chi connectivity index (χ0v) is 23.2. The molecule has 0 N–H and O–H groups in total. The Morgan fingerprint density at radius 3 is 2.26 bits per heavy atom. The fourth-order valence-corrected chi connectivity index (χ4v) is 6.61. The molecule has 0 unspecified atom stereocenters. The summed E-state index contributed by atoms with van der Waals surface area (Å²) in [6, 6.07) is 49.5. The first-order chi connectivity index (χ1) is 21.3. The third-order valence-electron chi connectivity index (χ3n) is 8.44. The van der Waals surface area contributed by atoms with Gasteiger partial charge in [0.05, 0.1) is 22.9 Å². The monoisotopic (exact) mass is 551 g/mol. The summed E-state index contributed by atoms with van der Waals surface area (Å²) in [6.45, 7) is 0. The molecule has 0 spiro atoms. The molecule has 9 rings (SSSR count). The molecule has 4 nitrogen and oxygen atoms in total. The van der Waals surface area contributed by atoms with Crippen molar-refractivity contribution in [1.29, 1.82) is 0 Å². The van der Waals surface area contributed by atoms with Crippen LogP contribution in [-0.2, 0) is 0 Å². The number of para-hydroxylation sites is 3. The minimum atomic E-state index is 0.782. The number of aromatic nitrogens is 2. The molecule has 0 bridgehead atoms. The van der Waals surface area contributed by atoms with Crippen LogP contribution in [0.4, 0.5) is 17.1 Å². The lowest BCUT2D eigenvalue weighted by Crippen LogP contribution is -2.10. The van der Waals surface area contributed by atoms with E-state index < -0.39 is 0 Å². The van der Waals surface area contributed by atoms with Crippen molar-refractivity contribution in [2.45, 2.75) is 0 Å². The number of nitrogens with zero attached hydrogens (tertiary/aromatic N) is 3. The summed E-state index contributed by atoms with van der Waals surface area (Å²) in [6.07, 6.45) is 3.61. The highest BCUT2D eigenvalue weighted by Gasteiger charge is 2.21. The Morgan fingerprint density at radius 2 is 1.33 bits per heavy atom. The second-order valence-electron chi connectivity index (χ2n) is 10.9. The molecule has 4 heteroatoms. The van der Waals surface area contributed by atoms with E-state index in [2.05, 4.69) is 142 Å². The minimum absolute atomic E-state index is 0.782. The Kier molecular flexibility index (Phi) is 5.16. The largest absolute Gasteiger partial charge is 0.452 e. The molecule has 0 saturated carbocycles. The zero-order valence-electron chi connectivity index (χ0n) is 23.2. The molecule has 0 aliphatic carbocycles. The smallest absolute Gasteiger partial charge is 0.159 e. The number of rotatable bonds is 4. The molecular weight excluding hydrogens is 526 g/mol. The Bertz CT molecular complexity index is 2470. The van der Waals surface area contributed by atoms with Crippen LogP contribution in [0.1, 0.15) is 0 Å². The van der Waals surface area contributed by atoms with E-state index in [-0.39, 0.29) is 0 Å². The maximum absolute atomic E-state index is 6.46. The zero-order chi connectivity index (χ0) is 28.3. The molecule has 3 heterocycles. The van der Waals surface area contributed by atoms with E-state index in [0.29, 0.717) is 0 Å². The SMILES string of the molecule is c1ccc(N(c2cccc(-n3c4ccccc4c4c5ccccc5ccc43)c2)c2cccc3c2oc2cnccc23)cc1. The number of pyridine rings is 1. The summed E-state index contributed by atoms with van der Waals surface area (Å²) >= 11 is 0. The summed E-state index contributed by atoms with van der Waals surface area (Å²) in [5.41, 5.74) is 8.17. The van der Waals surface area contributed by atoms with E-state index in [1.54, 1.807) is 6.20 Å². The maximum Gasteiger partial charge on any atom is 0.159 e. The minimum Gasteiger partial charge on any atom is -0.452 e. The Morgan fingerprint density at radius 1 is 0.558 bits per heavy atom. The van der Waals surface area contributed by atoms with Gasteiger partial charge in [0.1, 0.15) is 0 Å². The molecule has 0 aliphatic rings.